The molecule has 2 unspecified atom stereocenters. The van der Waals surface area contributed by atoms with Gasteiger partial charge in [-0.3, -0.25) is 0 Å². The Kier molecular flexibility index (Phi) is 4.89. The van der Waals surface area contributed by atoms with E-state index in [1.165, 1.54) is 0 Å². The molecular formula is C9H17NaO4S. The molecular weight excluding hydrogens is 227 g/mol. The minimum atomic E-state index is -4.62. The molecule has 15 heavy (non-hydrogen) atoms. The first kappa shape index (κ1) is 15.9. The molecule has 0 spiro atoms. The molecule has 0 bridgehead atoms. The van der Waals surface area contributed by atoms with Gasteiger partial charge < -0.3 is 9.66 Å². The largest absolute Gasteiger partial charge is 1.00 e. The molecule has 0 amide bonds. The average Bonchev–Trinajstić information content (AvgIpc) is 1.76. The first-order chi connectivity index (χ1) is 6.06. The number of hydrogen-bond acceptors (Lipinski definition) is 4. The maximum Gasteiger partial charge on any atom is 1.00 e. The van der Waals surface area contributed by atoms with Gasteiger partial charge in [0.25, 0.3) is 0 Å². The van der Waals surface area contributed by atoms with Crippen LogP contribution in [0.1, 0.15) is 40.0 Å². The fraction of sp³-hybridized carbons (Fsp3) is 1.00. The standard InChI is InChI=1S/C9H18O4S.Na/c1-7-4-8(2,3)6-9(10,5-7)14(11,12)13;/h7,10H,4-6H2,1-3H3,(H,11,12,13);/q;+1/p-1. The number of aliphatic hydroxyl groups is 1. The summed E-state index contributed by atoms with van der Waals surface area (Å²) in [5.74, 6) is 0.0625. The van der Waals surface area contributed by atoms with Crippen molar-refractivity contribution < 1.29 is 47.6 Å². The molecule has 0 aromatic heterocycles. The zero-order valence-corrected chi connectivity index (χ0v) is 12.6. The summed E-state index contributed by atoms with van der Waals surface area (Å²) in [4.78, 5) is -2.06. The van der Waals surface area contributed by atoms with Crippen molar-refractivity contribution in [1.29, 1.82) is 0 Å². The van der Waals surface area contributed by atoms with Crippen molar-refractivity contribution in [3.8, 4) is 0 Å². The fourth-order valence-corrected chi connectivity index (χ4v) is 3.70. The predicted octanol–water partition coefficient (Wildman–Crippen LogP) is -1.93. The van der Waals surface area contributed by atoms with Crippen LogP contribution in [0.3, 0.4) is 0 Å². The zero-order valence-electron chi connectivity index (χ0n) is 9.78. The van der Waals surface area contributed by atoms with Crippen LogP contribution in [0.4, 0.5) is 0 Å². The predicted molar refractivity (Wildman–Crippen MR) is 51.4 cm³/mol. The molecule has 1 saturated carbocycles. The second-order valence-electron chi connectivity index (χ2n) is 5.25. The van der Waals surface area contributed by atoms with E-state index in [4.69, 9.17) is 0 Å². The van der Waals surface area contributed by atoms with Crippen LogP contribution in [-0.2, 0) is 10.1 Å². The van der Waals surface area contributed by atoms with Gasteiger partial charge >= 0.3 is 29.6 Å². The number of rotatable bonds is 1. The molecule has 2 atom stereocenters. The molecule has 0 heterocycles. The van der Waals surface area contributed by atoms with Gasteiger partial charge in [-0.2, -0.15) is 0 Å². The van der Waals surface area contributed by atoms with Crippen LogP contribution >= 0.6 is 0 Å². The van der Waals surface area contributed by atoms with E-state index in [2.05, 4.69) is 0 Å². The van der Waals surface area contributed by atoms with Gasteiger partial charge in [0.1, 0.15) is 10.1 Å². The first-order valence-corrected chi connectivity index (χ1v) is 6.14. The van der Waals surface area contributed by atoms with Crippen LogP contribution in [0.2, 0.25) is 0 Å². The molecule has 0 saturated heterocycles. The Hall–Kier alpha value is 0.870. The maximum absolute atomic E-state index is 10.9. The maximum atomic E-state index is 10.9. The molecule has 0 aromatic rings. The van der Waals surface area contributed by atoms with E-state index in [0.717, 1.165) is 6.42 Å². The Balaban J connectivity index is 0.00000196. The third kappa shape index (κ3) is 3.68. The fourth-order valence-electron chi connectivity index (χ4n) is 2.64. The second-order valence-corrected chi connectivity index (χ2v) is 6.92. The van der Waals surface area contributed by atoms with Crippen LogP contribution < -0.4 is 29.6 Å². The average molecular weight is 244 g/mol. The molecule has 0 aliphatic heterocycles. The van der Waals surface area contributed by atoms with Crippen molar-refractivity contribution in [1.82, 2.24) is 0 Å². The molecule has 0 radical (unpaired) electrons. The smallest absolute Gasteiger partial charge is 0.746 e. The van der Waals surface area contributed by atoms with Gasteiger partial charge in [-0.05, 0) is 30.6 Å². The van der Waals surface area contributed by atoms with Gasteiger partial charge in [-0.25, -0.2) is 8.42 Å². The Morgan fingerprint density at radius 1 is 1.33 bits per heavy atom. The summed E-state index contributed by atoms with van der Waals surface area (Å²) >= 11 is 0. The van der Waals surface area contributed by atoms with Gasteiger partial charge in [0, 0.05) is 0 Å². The van der Waals surface area contributed by atoms with E-state index < -0.39 is 15.1 Å². The number of hydrogen-bond donors (Lipinski definition) is 1. The van der Waals surface area contributed by atoms with Crippen LogP contribution in [0.25, 0.3) is 0 Å². The van der Waals surface area contributed by atoms with Gasteiger partial charge in [-0.15, -0.1) is 0 Å². The van der Waals surface area contributed by atoms with Gasteiger partial charge in [-0.1, -0.05) is 20.8 Å². The molecule has 1 fully saturated rings. The summed E-state index contributed by atoms with van der Waals surface area (Å²) in [6, 6.07) is 0. The van der Waals surface area contributed by atoms with Crippen LogP contribution in [-0.4, -0.2) is 23.0 Å². The molecule has 1 rings (SSSR count). The molecule has 1 aliphatic rings. The van der Waals surface area contributed by atoms with E-state index in [-0.39, 0.29) is 53.7 Å². The van der Waals surface area contributed by atoms with Crippen molar-refractivity contribution in [2.45, 2.75) is 45.0 Å². The van der Waals surface area contributed by atoms with Crippen molar-refractivity contribution >= 4 is 10.1 Å². The molecule has 6 heteroatoms. The quantitative estimate of drug-likeness (QED) is 0.430. The normalized spacial score (nSPS) is 35.7. The van der Waals surface area contributed by atoms with E-state index >= 15 is 0 Å². The molecule has 4 nitrogen and oxygen atoms in total. The Labute approximate surface area is 113 Å². The Bertz CT molecular complexity index is 325. The summed E-state index contributed by atoms with van der Waals surface area (Å²) in [5.41, 5.74) is -0.288. The summed E-state index contributed by atoms with van der Waals surface area (Å²) in [6.07, 6.45) is 0.934. The van der Waals surface area contributed by atoms with Crippen molar-refractivity contribution in [2.24, 2.45) is 11.3 Å². The van der Waals surface area contributed by atoms with Crippen LogP contribution in [0.5, 0.6) is 0 Å². The molecule has 1 aliphatic carbocycles. The monoisotopic (exact) mass is 244 g/mol. The van der Waals surface area contributed by atoms with Crippen molar-refractivity contribution in [2.75, 3.05) is 0 Å². The third-order valence-corrected chi connectivity index (χ3v) is 4.03. The summed E-state index contributed by atoms with van der Waals surface area (Å²) in [5, 5.41) is 9.81. The van der Waals surface area contributed by atoms with Crippen molar-refractivity contribution in [3.63, 3.8) is 0 Å². The van der Waals surface area contributed by atoms with Crippen LogP contribution in [0, 0.1) is 11.3 Å². The Morgan fingerprint density at radius 3 is 2.13 bits per heavy atom. The van der Waals surface area contributed by atoms with E-state index in [9.17, 15) is 18.1 Å². The van der Waals surface area contributed by atoms with Gasteiger partial charge in [0.15, 0.2) is 4.93 Å². The first-order valence-electron chi connectivity index (χ1n) is 4.74. The third-order valence-electron chi connectivity index (χ3n) is 2.79. The van der Waals surface area contributed by atoms with E-state index in [1.807, 2.05) is 20.8 Å². The van der Waals surface area contributed by atoms with Gasteiger partial charge in [0.05, 0.1) is 0 Å². The summed E-state index contributed by atoms with van der Waals surface area (Å²) in [7, 11) is -4.62. The molecule has 0 aromatic carbocycles. The van der Waals surface area contributed by atoms with Crippen molar-refractivity contribution in [3.05, 3.63) is 0 Å². The minimum absolute atomic E-state index is 0. The van der Waals surface area contributed by atoms with Crippen LogP contribution in [0.15, 0.2) is 0 Å². The molecule has 1 N–H and O–H groups in total. The minimum Gasteiger partial charge on any atom is -0.746 e. The van der Waals surface area contributed by atoms with Gasteiger partial charge in [0.2, 0.25) is 0 Å². The topological polar surface area (TPSA) is 77.4 Å². The second kappa shape index (κ2) is 4.63. The molecule has 84 valence electrons. The zero-order chi connectivity index (χ0) is 11.2. The Morgan fingerprint density at radius 2 is 1.80 bits per heavy atom. The van der Waals surface area contributed by atoms with E-state index in [0.29, 0.717) is 0 Å². The summed E-state index contributed by atoms with van der Waals surface area (Å²) < 4.78 is 32.8. The SMILES string of the molecule is CC1CC(C)(C)CC(O)(S(=O)(=O)[O-])C1.[Na+]. The summed E-state index contributed by atoms with van der Waals surface area (Å²) in [6.45, 7) is 5.61. The van der Waals surface area contributed by atoms with E-state index in [1.54, 1.807) is 0 Å².